The number of carboxylic acids is 1. The van der Waals surface area contributed by atoms with Crippen LogP contribution in [0.4, 0.5) is 0 Å². The van der Waals surface area contributed by atoms with Crippen molar-refractivity contribution in [1.29, 1.82) is 0 Å². The van der Waals surface area contributed by atoms with Crippen LogP contribution in [-0.4, -0.2) is 60.6 Å². The molecule has 1 aliphatic rings. The molecule has 1 atom stereocenters. The molecule has 1 aliphatic heterocycles. The van der Waals surface area contributed by atoms with Crippen LogP contribution in [0.2, 0.25) is 0 Å². The van der Waals surface area contributed by atoms with Gasteiger partial charge in [-0.25, -0.2) is 0 Å². The van der Waals surface area contributed by atoms with Gasteiger partial charge in [-0.2, -0.15) is 0 Å². The molecular weight excluding hydrogens is 356 g/mol. The molecule has 1 heterocycles. The summed E-state index contributed by atoms with van der Waals surface area (Å²) in [4.78, 5) is 27.3. The van der Waals surface area contributed by atoms with Crippen molar-refractivity contribution in [3.05, 3.63) is 29.8 Å². The number of hydrogen-bond acceptors (Lipinski definition) is 4. The topological polar surface area (TPSA) is 70.1 Å². The quantitative estimate of drug-likeness (QED) is 0.782. The third kappa shape index (κ3) is 6.84. The summed E-state index contributed by atoms with van der Waals surface area (Å²) in [6.07, 6.45) is 2.95. The highest BCUT2D eigenvalue weighted by atomic mass is 35.5. The van der Waals surface area contributed by atoms with E-state index in [-0.39, 0.29) is 30.7 Å². The molecule has 1 saturated heterocycles. The number of hydrogen-bond donors (Lipinski definition) is 1. The highest BCUT2D eigenvalue weighted by molar-refractivity contribution is 5.85. The Bertz CT molecular complexity index is 597. The van der Waals surface area contributed by atoms with Crippen molar-refractivity contribution < 1.29 is 19.4 Å². The van der Waals surface area contributed by atoms with Gasteiger partial charge >= 0.3 is 5.97 Å². The predicted octanol–water partition coefficient (Wildman–Crippen LogP) is 2.65. The van der Waals surface area contributed by atoms with E-state index >= 15 is 0 Å². The van der Waals surface area contributed by atoms with E-state index < -0.39 is 5.97 Å². The smallest absolute Gasteiger partial charge is 0.303 e. The molecule has 146 valence electrons. The fourth-order valence-electron chi connectivity index (χ4n) is 3.32. The largest absolute Gasteiger partial charge is 0.496 e. The first-order valence-corrected chi connectivity index (χ1v) is 8.79. The Morgan fingerprint density at radius 2 is 2.00 bits per heavy atom. The summed E-state index contributed by atoms with van der Waals surface area (Å²) in [5, 5.41) is 8.94. The van der Waals surface area contributed by atoms with E-state index in [1.165, 1.54) is 0 Å². The molecule has 0 bridgehead atoms. The van der Waals surface area contributed by atoms with Crippen LogP contribution < -0.4 is 4.74 Å². The van der Waals surface area contributed by atoms with Gasteiger partial charge in [-0.15, -0.1) is 12.4 Å². The number of carbonyl (C=O) groups excluding carboxylic acids is 1. The van der Waals surface area contributed by atoms with Crippen molar-refractivity contribution in [3.63, 3.8) is 0 Å². The molecule has 1 amide bonds. The highest BCUT2D eigenvalue weighted by Gasteiger charge is 2.22. The number of carboxylic acid groups (broad SMARTS) is 1. The zero-order chi connectivity index (χ0) is 18.2. The van der Waals surface area contributed by atoms with Crippen LogP contribution >= 0.6 is 12.4 Å². The van der Waals surface area contributed by atoms with E-state index in [0.29, 0.717) is 13.1 Å². The molecule has 7 heteroatoms. The minimum atomic E-state index is -0.730. The summed E-state index contributed by atoms with van der Waals surface area (Å²) in [5.74, 6) is 0.353. The van der Waals surface area contributed by atoms with Gasteiger partial charge in [-0.3, -0.25) is 14.5 Å². The molecule has 1 N–H and O–H groups in total. The molecule has 2 rings (SSSR count). The number of carbonyl (C=O) groups is 2. The molecule has 1 aromatic rings. The lowest BCUT2D eigenvalue weighted by molar-refractivity contribution is -0.138. The molecule has 1 aromatic carbocycles. The molecule has 1 fully saturated rings. The fraction of sp³-hybridized carbons (Fsp3) is 0.579. The average Bonchev–Trinajstić information content (AvgIpc) is 2.80. The predicted molar refractivity (Wildman–Crippen MR) is 103 cm³/mol. The van der Waals surface area contributed by atoms with E-state index in [2.05, 4.69) is 4.90 Å². The Balaban J connectivity index is 0.00000338. The number of nitrogens with zero attached hydrogens (tertiary/aromatic N) is 2. The number of likely N-dealkylation sites (tertiary alicyclic amines) is 1. The second-order valence-electron chi connectivity index (χ2n) is 6.73. The van der Waals surface area contributed by atoms with Crippen molar-refractivity contribution in [3.8, 4) is 5.75 Å². The van der Waals surface area contributed by atoms with E-state index in [9.17, 15) is 9.59 Å². The molecule has 0 radical (unpaired) electrons. The monoisotopic (exact) mass is 384 g/mol. The zero-order valence-electron chi connectivity index (χ0n) is 15.5. The molecule has 0 saturated carbocycles. The van der Waals surface area contributed by atoms with E-state index in [0.717, 1.165) is 43.7 Å². The maximum absolute atomic E-state index is 12.5. The summed E-state index contributed by atoms with van der Waals surface area (Å²) in [6.45, 7) is 2.53. The number of halogens is 1. The third-order valence-electron chi connectivity index (χ3n) is 4.79. The number of amides is 1. The molecule has 0 aliphatic carbocycles. The SMILES string of the molecule is COc1ccccc1CN(C)C(=O)CN1CCCC(CC(=O)O)CC1.Cl. The minimum Gasteiger partial charge on any atom is -0.496 e. The summed E-state index contributed by atoms with van der Waals surface area (Å²) in [6, 6.07) is 7.71. The van der Waals surface area contributed by atoms with Gasteiger partial charge in [0, 0.05) is 25.6 Å². The Hall–Kier alpha value is -1.79. The van der Waals surface area contributed by atoms with Crippen LogP contribution in [0.1, 0.15) is 31.2 Å². The van der Waals surface area contributed by atoms with Gasteiger partial charge in [0.15, 0.2) is 0 Å². The van der Waals surface area contributed by atoms with Crippen LogP contribution in [0.15, 0.2) is 24.3 Å². The summed E-state index contributed by atoms with van der Waals surface area (Å²) >= 11 is 0. The number of rotatable bonds is 7. The second kappa shape index (κ2) is 11.0. The average molecular weight is 385 g/mol. The van der Waals surface area contributed by atoms with Crippen molar-refractivity contribution >= 4 is 24.3 Å². The standard InChI is InChI=1S/C19H28N2O4.ClH/c1-20(13-16-7-3-4-8-17(16)25-2)18(22)14-21-10-5-6-15(9-11-21)12-19(23)24;/h3-4,7-8,15H,5-6,9-14H2,1-2H3,(H,23,24);1H. The Morgan fingerprint density at radius 1 is 1.27 bits per heavy atom. The van der Waals surface area contributed by atoms with Gasteiger partial charge < -0.3 is 14.7 Å². The summed E-state index contributed by atoms with van der Waals surface area (Å²) in [5.41, 5.74) is 0.984. The Labute approximate surface area is 161 Å². The normalized spacial score (nSPS) is 17.7. The number of ether oxygens (including phenoxy) is 1. The molecule has 1 unspecified atom stereocenters. The van der Waals surface area contributed by atoms with Gasteiger partial charge in [-0.1, -0.05) is 18.2 Å². The van der Waals surface area contributed by atoms with E-state index in [1.807, 2.05) is 24.3 Å². The van der Waals surface area contributed by atoms with Crippen molar-refractivity contribution in [1.82, 2.24) is 9.80 Å². The van der Waals surface area contributed by atoms with Gasteiger partial charge in [0.05, 0.1) is 13.7 Å². The summed E-state index contributed by atoms with van der Waals surface area (Å²) < 4.78 is 5.34. The van der Waals surface area contributed by atoms with Crippen LogP contribution in [0.5, 0.6) is 5.75 Å². The van der Waals surface area contributed by atoms with E-state index in [4.69, 9.17) is 9.84 Å². The van der Waals surface area contributed by atoms with Gasteiger partial charge in [0.2, 0.25) is 5.91 Å². The van der Waals surface area contributed by atoms with Crippen molar-refractivity contribution in [2.75, 3.05) is 33.8 Å². The third-order valence-corrected chi connectivity index (χ3v) is 4.79. The van der Waals surface area contributed by atoms with Crippen LogP contribution in [0, 0.1) is 5.92 Å². The fourth-order valence-corrected chi connectivity index (χ4v) is 3.32. The van der Waals surface area contributed by atoms with E-state index in [1.54, 1.807) is 19.1 Å². The second-order valence-corrected chi connectivity index (χ2v) is 6.73. The Morgan fingerprint density at radius 3 is 2.69 bits per heavy atom. The van der Waals surface area contributed by atoms with Gasteiger partial charge in [0.1, 0.15) is 5.75 Å². The minimum absolute atomic E-state index is 0. The number of aliphatic carboxylic acids is 1. The number of para-hydroxylation sites is 1. The number of likely N-dealkylation sites (N-methyl/N-ethyl adjacent to an activating group) is 1. The van der Waals surface area contributed by atoms with Gasteiger partial charge in [0.25, 0.3) is 0 Å². The maximum Gasteiger partial charge on any atom is 0.303 e. The molecule has 6 nitrogen and oxygen atoms in total. The van der Waals surface area contributed by atoms with Crippen LogP contribution in [0.3, 0.4) is 0 Å². The lowest BCUT2D eigenvalue weighted by atomic mass is 9.97. The van der Waals surface area contributed by atoms with Gasteiger partial charge in [-0.05, 0) is 44.3 Å². The first-order chi connectivity index (χ1) is 12.0. The van der Waals surface area contributed by atoms with Crippen molar-refractivity contribution in [2.24, 2.45) is 5.92 Å². The molecule has 0 spiro atoms. The van der Waals surface area contributed by atoms with Crippen LogP contribution in [-0.2, 0) is 16.1 Å². The number of benzene rings is 1. The highest BCUT2D eigenvalue weighted by Crippen LogP contribution is 2.21. The molecular formula is C19H29ClN2O4. The Kier molecular flexibility index (Phi) is 9.44. The summed E-state index contributed by atoms with van der Waals surface area (Å²) in [7, 11) is 3.44. The number of methoxy groups -OCH3 is 1. The molecule has 26 heavy (non-hydrogen) atoms. The molecule has 0 aromatic heterocycles. The van der Waals surface area contributed by atoms with Crippen molar-refractivity contribution in [2.45, 2.75) is 32.2 Å². The lowest BCUT2D eigenvalue weighted by Gasteiger charge is -2.24. The van der Waals surface area contributed by atoms with Crippen LogP contribution in [0.25, 0.3) is 0 Å². The first-order valence-electron chi connectivity index (χ1n) is 8.79. The first kappa shape index (κ1) is 22.3. The maximum atomic E-state index is 12.5. The zero-order valence-corrected chi connectivity index (χ0v) is 16.3. The lowest BCUT2D eigenvalue weighted by Crippen LogP contribution is -2.38.